The Kier molecular flexibility index (Phi) is 5.17. The van der Waals surface area contributed by atoms with E-state index in [9.17, 15) is 4.79 Å². The molecule has 0 aliphatic carbocycles. The zero-order chi connectivity index (χ0) is 13.9. The summed E-state index contributed by atoms with van der Waals surface area (Å²) in [4.78, 5) is 14.3. The van der Waals surface area contributed by atoms with E-state index in [2.05, 4.69) is 38.4 Å². The zero-order valence-corrected chi connectivity index (χ0v) is 14.0. The van der Waals surface area contributed by atoms with Gasteiger partial charge in [-0.25, -0.2) is 0 Å². The van der Waals surface area contributed by atoms with E-state index in [0.29, 0.717) is 12.1 Å². The normalized spacial score (nSPS) is 11.2. The Morgan fingerprint density at radius 3 is 2.17 bits per heavy atom. The maximum atomic E-state index is 12.5. The Balaban J connectivity index is 3.13. The van der Waals surface area contributed by atoms with E-state index in [4.69, 9.17) is 0 Å². The molecule has 0 saturated carbocycles. The minimum absolute atomic E-state index is 0.00407. The zero-order valence-electron chi connectivity index (χ0n) is 10.8. The molecule has 0 atom stereocenters. The molecule has 0 spiro atoms. The molecule has 0 aliphatic rings. The molecule has 0 heterocycles. The minimum atomic E-state index is -0.236. The van der Waals surface area contributed by atoms with Crippen LogP contribution in [0.15, 0.2) is 39.8 Å². The van der Waals surface area contributed by atoms with Gasteiger partial charge in [0.2, 0.25) is 0 Å². The molecule has 98 valence electrons. The number of benzene rings is 1. The summed E-state index contributed by atoms with van der Waals surface area (Å²) in [5.74, 6) is 0.00407. The Morgan fingerprint density at radius 2 is 1.78 bits per heavy atom. The van der Waals surface area contributed by atoms with Crippen molar-refractivity contribution in [1.29, 1.82) is 0 Å². The first-order valence-electron chi connectivity index (χ1n) is 5.64. The van der Waals surface area contributed by atoms with Gasteiger partial charge >= 0.3 is 0 Å². The average Bonchev–Trinajstić information content (AvgIpc) is 2.22. The van der Waals surface area contributed by atoms with Crippen LogP contribution in [-0.4, -0.2) is 22.9 Å². The van der Waals surface area contributed by atoms with Crippen molar-refractivity contribution in [3.63, 3.8) is 0 Å². The maximum Gasteiger partial charge on any atom is 0.254 e. The van der Waals surface area contributed by atoms with Crippen molar-refractivity contribution >= 4 is 37.8 Å². The SMILES string of the molecule is C=CCN(C(=O)c1cc(Br)cc(Br)c1)C(C)(C)C. The molecule has 0 aromatic heterocycles. The van der Waals surface area contributed by atoms with Crippen LogP contribution >= 0.6 is 31.9 Å². The number of carbonyl (C=O) groups is 1. The van der Waals surface area contributed by atoms with Gasteiger partial charge in [-0.2, -0.15) is 0 Å². The van der Waals surface area contributed by atoms with Crippen molar-refractivity contribution < 1.29 is 4.79 Å². The molecule has 0 radical (unpaired) electrons. The second-order valence-electron chi connectivity index (χ2n) is 5.03. The summed E-state index contributed by atoms with van der Waals surface area (Å²) in [5.41, 5.74) is 0.424. The predicted molar refractivity (Wildman–Crippen MR) is 82.8 cm³/mol. The third-order valence-electron chi connectivity index (χ3n) is 2.48. The molecule has 0 aliphatic heterocycles. The molecule has 1 amide bonds. The fraction of sp³-hybridized carbons (Fsp3) is 0.357. The van der Waals surface area contributed by atoms with Gasteiger partial charge in [0, 0.05) is 26.6 Å². The van der Waals surface area contributed by atoms with Crippen molar-refractivity contribution in [1.82, 2.24) is 4.90 Å². The third kappa shape index (κ3) is 3.95. The molecular weight excluding hydrogens is 358 g/mol. The van der Waals surface area contributed by atoms with E-state index < -0.39 is 0 Å². The predicted octanol–water partition coefficient (Wildman–Crippen LogP) is 4.64. The van der Waals surface area contributed by atoms with Crippen molar-refractivity contribution in [2.45, 2.75) is 26.3 Å². The van der Waals surface area contributed by atoms with Crippen LogP contribution in [0.3, 0.4) is 0 Å². The lowest BCUT2D eigenvalue weighted by atomic mass is 10.0. The lowest BCUT2D eigenvalue weighted by molar-refractivity contribution is 0.0616. The molecule has 1 aromatic carbocycles. The van der Waals surface area contributed by atoms with Crippen LogP contribution in [0.1, 0.15) is 31.1 Å². The van der Waals surface area contributed by atoms with Crippen molar-refractivity contribution in [2.75, 3.05) is 6.54 Å². The summed E-state index contributed by atoms with van der Waals surface area (Å²) in [6, 6.07) is 5.57. The molecular formula is C14H17Br2NO. The van der Waals surface area contributed by atoms with Crippen molar-refractivity contribution in [3.05, 3.63) is 45.4 Å². The molecule has 0 saturated heterocycles. The lowest BCUT2D eigenvalue weighted by Crippen LogP contribution is -2.45. The highest BCUT2D eigenvalue weighted by Crippen LogP contribution is 2.23. The van der Waals surface area contributed by atoms with E-state index in [-0.39, 0.29) is 11.4 Å². The Labute approximate surface area is 125 Å². The van der Waals surface area contributed by atoms with Gasteiger partial charge in [0.25, 0.3) is 5.91 Å². The van der Waals surface area contributed by atoms with Gasteiger partial charge < -0.3 is 4.90 Å². The Hall–Kier alpha value is -0.610. The number of halogens is 2. The van der Waals surface area contributed by atoms with Gasteiger partial charge in [0.1, 0.15) is 0 Å². The smallest absolute Gasteiger partial charge is 0.254 e. The summed E-state index contributed by atoms with van der Waals surface area (Å²) < 4.78 is 1.76. The van der Waals surface area contributed by atoms with Gasteiger partial charge in [-0.3, -0.25) is 4.79 Å². The van der Waals surface area contributed by atoms with E-state index in [1.165, 1.54) is 0 Å². The summed E-state index contributed by atoms with van der Waals surface area (Å²) >= 11 is 6.80. The second kappa shape index (κ2) is 6.02. The number of rotatable bonds is 3. The number of hydrogen-bond donors (Lipinski definition) is 0. The lowest BCUT2D eigenvalue weighted by Gasteiger charge is -2.35. The highest BCUT2D eigenvalue weighted by Gasteiger charge is 2.26. The van der Waals surface area contributed by atoms with Gasteiger partial charge in [-0.1, -0.05) is 37.9 Å². The molecule has 18 heavy (non-hydrogen) atoms. The average molecular weight is 375 g/mol. The van der Waals surface area contributed by atoms with Crippen LogP contribution < -0.4 is 0 Å². The second-order valence-corrected chi connectivity index (χ2v) is 6.86. The van der Waals surface area contributed by atoms with Crippen molar-refractivity contribution in [2.24, 2.45) is 0 Å². The van der Waals surface area contributed by atoms with Crippen LogP contribution in [0.2, 0.25) is 0 Å². The molecule has 1 rings (SSSR count). The van der Waals surface area contributed by atoms with Crippen LogP contribution in [0, 0.1) is 0 Å². The molecule has 4 heteroatoms. The van der Waals surface area contributed by atoms with E-state index in [1.807, 2.05) is 39.0 Å². The monoisotopic (exact) mass is 373 g/mol. The first kappa shape index (κ1) is 15.4. The van der Waals surface area contributed by atoms with Gasteiger partial charge in [-0.15, -0.1) is 6.58 Å². The van der Waals surface area contributed by atoms with Crippen LogP contribution in [0.4, 0.5) is 0 Å². The highest BCUT2D eigenvalue weighted by atomic mass is 79.9. The van der Waals surface area contributed by atoms with E-state index >= 15 is 0 Å². The topological polar surface area (TPSA) is 20.3 Å². The Bertz CT molecular complexity index is 443. The van der Waals surface area contributed by atoms with E-state index in [1.54, 1.807) is 11.0 Å². The molecule has 0 bridgehead atoms. The summed E-state index contributed by atoms with van der Waals surface area (Å²) in [6.45, 7) is 10.3. The van der Waals surface area contributed by atoms with E-state index in [0.717, 1.165) is 8.95 Å². The summed E-state index contributed by atoms with van der Waals surface area (Å²) in [6.07, 6.45) is 1.75. The van der Waals surface area contributed by atoms with Gasteiger partial charge in [0.05, 0.1) is 0 Å². The highest BCUT2D eigenvalue weighted by molar-refractivity contribution is 9.11. The van der Waals surface area contributed by atoms with Crippen LogP contribution in [0.25, 0.3) is 0 Å². The fourth-order valence-corrected chi connectivity index (χ4v) is 2.92. The molecule has 0 unspecified atom stereocenters. The number of nitrogens with zero attached hydrogens (tertiary/aromatic N) is 1. The minimum Gasteiger partial charge on any atom is -0.330 e. The largest absolute Gasteiger partial charge is 0.330 e. The van der Waals surface area contributed by atoms with Gasteiger partial charge in [0.15, 0.2) is 0 Å². The first-order valence-corrected chi connectivity index (χ1v) is 7.23. The van der Waals surface area contributed by atoms with Crippen LogP contribution in [0.5, 0.6) is 0 Å². The Morgan fingerprint density at radius 1 is 1.28 bits per heavy atom. The van der Waals surface area contributed by atoms with Crippen LogP contribution in [-0.2, 0) is 0 Å². The number of carbonyl (C=O) groups excluding carboxylic acids is 1. The standard InChI is InChI=1S/C14H17Br2NO/c1-5-6-17(14(2,3)4)13(18)10-7-11(15)9-12(16)8-10/h5,7-9H,1,6H2,2-4H3. The first-order chi connectivity index (χ1) is 8.25. The summed E-state index contributed by atoms with van der Waals surface area (Å²) in [5, 5.41) is 0. The number of hydrogen-bond acceptors (Lipinski definition) is 1. The maximum absolute atomic E-state index is 12.5. The quantitative estimate of drug-likeness (QED) is 0.705. The molecule has 0 fully saturated rings. The summed E-state index contributed by atoms with van der Waals surface area (Å²) in [7, 11) is 0. The van der Waals surface area contributed by atoms with Gasteiger partial charge in [-0.05, 0) is 39.0 Å². The molecule has 1 aromatic rings. The third-order valence-corrected chi connectivity index (χ3v) is 3.39. The fourth-order valence-electron chi connectivity index (χ4n) is 1.62. The molecule has 2 nitrogen and oxygen atoms in total. The van der Waals surface area contributed by atoms with Crippen molar-refractivity contribution in [3.8, 4) is 0 Å². The molecule has 0 N–H and O–H groups in total. The number of amides is 1.